The Morgan fingerprint density at radius 2 is 1.82 bits per heavy atom. The van der Waals surface area contributed by atoms with Gasteiger partial charge in [0.15, 0.2) is 0 Å². The van der Waals surface area contributed by atoms with E-state index in [9.17, 15) is 9.90 Å². The number of hydrogen-bond acceptors (Lipinski definition) is 6. The maximum atomic E-state index is 12.0. The van der Waals surface area contributed by atoms with Crippen molar-refractivity contribution < 1.29 is 19.4 Å². The van der Waals surface area contributed by atoms with Crippen LogP contribution in [0.2, 0.25) is 0 Å². The van der Waals surface area contributed by atoms with Crippen molar-refractivity contribution in [2.45, 2.75) is 13.8 Å². The summed E-state index contributed by atoms with van der Waals surface area (Å²) in [6.07, 6.45) is 1.71. The van der Waals surface area contributed by atoms with Gasteiger partial charge in [-0.1, -0.05) is 18.2 Å². The molecule has 0 aliphatic rings. The van der Waals surface area contributed by atoms with E-state index < -0.39 is 5.97 Å². The van der Waals surface area contributed by atoms with Crippen molar-refractivity contribution in [1.82, 2.24) is 14.8 Å². The lowest BCUT2D eigenvalue weighted by atomic mass is 10.1. The van der Waals surface area contributed by atoms with Crippen LogP contribution in [0, 0.1) is 13.8 Å². The standard InChI is InChI=1S/C25H24N4O4/c1-15-7-5-6-8-21(15)29-24(27-20-11-10-18(32-3)13-19(20)25(30)31)23(16(2)28-29)17-9-12-22(33-4)26-14-17/h5-14,27H,1-4H3,(H,30,31). The summed E-state index contributed by atoms with van der Waals surface area (Å²) in [5.74, 6) is 0.519. The quantitative estimate of drug-likeness (QED) is 0.413. The minimum absolute atomic E-state index is 0.0864. The zero-order valence-corrected chi connectivity index (χ0v) is 18.8. The predicted molar refractivity (Wildman–Crippen MR) is 126 cm³/mol. The van der Waals surface area contributed by atoms with Crippen LogP contribution in [0.15, 0.2) is 60.8 Å². The molecule has 2 aromatic heterocycles. The van der Waals surface area contributed by atoms with Gasteiger partial charge < -0.3 is 19.9 Å². The van der Waals surface area contributed by atoms with Gasteiger partial charge in [0.25, 0.3) is 0 Å². The van der Waals surface area contributed by atoms with Crippen LogP contribution in [-0.2, 0) is 0 Å². The molecule has 33 heavy (non-hydrogen) atoms. The minimum atomic E-state index is -1.07. The van der Waals surface area contributed by atoms with E-state index >= 15 is 0 Å². The van der Waals surface area contributed by atoms with E-state index in [-0.39, 0.29) is 5.56 Å². The fraction of sp³-hybridized carbons (Fsp3) is 0.160. The highest BCUT2D eigenvalue weighted by molar-refractivity contribution is 5.96. The monoisotopic (exact) mass is 444 g/mol. The van der Waals surface area contributed by atoms with Gasteiger partial charge in [-0.2, -0.15) is 5.10 Å². The van der Waals surface area contributed by atoms with Crippen LogP contribution in [0.1, 0.15) is 21.6 Å². The van der Waals surface area contributed by atoms with Crippen molar-refractivity contribution in [2.75, 3.05) is 19.5 Å². The van der Waals surface area contributed by atoms with Gasteiger partial charge in [-0.05, 0) is 49.7 Å². The van der Waals surface area contributed by atoms with Gasteiger partial charge in [0, 0.05) is 23.4 Å². The highest BCUT2D eigenvalue weighted by atomic mass is 16.5. The molecule has 0 radical (unpaired) electrons. The molecular formula is C25H24N4O4. The highest BCUT2D eigenvalue weighted by Crippen LogP contribution is 2.37. The van der Waals surface area contributed by atoms with Gasteiger partial charge in [0.05, 0.1) is 36.9 Å². The number of nitrogens with zero attached hydrogens (tertiary/aromatic N) is 3. The number of ether oxygens (including phenoxy) is 2. The second kappa shape index (κ2) is 9.04. The van der Waals surface area contributed by atoms with Crippen molar-refractivity contribution in [1.29, 1.82) is 0 Å². The Morgan fingerprint density at radius 1 is 1.03 bits per heavy atom. The van der Waals surface area contributed by atoms with Crippen molar-refractivity contribution in [3.05, 3.63) is 77.6 Å². The number of rotatable bonds is 7. The van der Waals surface area contributed by atoms with Crippen LogP contribution in [0.5, 0.6) is 11.6 Å². The molecule has 2 N–H and O–H groups in total. The first-order valence-corrected chi connectivity index (χ1v) is 10.3. The van der Waals surface area contributed by atoms with E-state index in [0.29, 0.717) is 23.1 Å². The van der Waals surface area contributed by atoms with Gasteiger partial charge >= 0.3 is 5.97 Å². The number of aryl methyl sites for hydroxylation is 2. The number of anilines is 2. The van der Waals surface area contributed by atoms with Crippen LogP contribution < -0.4 is 14.8 Å². The summed E-state index contributed by atoms with van der Waals surface area (Å²) in [5.41, 5.74) is 4.79. The molecule has 2 heterocycles. The first-order chi connectivity index (χ1) is 15.9. The number of hydrogen-bond donors (Lipinski definition) is 2. The average Bonchev–Trinajstić information content (AvgIpc) is 3.14. The molecule has 2 aromatic carbocycles. The number of nitrogens with one attached hydrogen (secondary N) is 1. The third-order valence-electron chi connectivity index (χ3n) is 5.35. The molecule has 0 unspecified atom stereocenters. The fourth-order valence-corrected chi connectivity index (χ4v) is 3.68. The molecule has 0 fully saturated rings. The molecule has 8 heteroatoms. The zero-order chi connectivity index (χ0) is 23.5. The Labute approximate surface area is 191 Å². The summed E-state index contributed by atoms with van der Waals surface area (Å²) in [6, 6.07) is 16.4. The Hall–Kier alpha value is -4.33. The van der Waals surface area contributed by atoms with Crippen molar-refractivity contribution >= 4 is 17.5 Å². The Morgan fingerprint density at radius 3 is 2.45 bits per heavy atom. The minimum Gasteiger partial charge on any atom is -0.497 e. The second-order valence-electron chi connectivity index (χ2n) is 7.44. The van der Waals surface area contributed by atoms with Crippen LogP contribution in [0.3, 0.4) is 0 Å². The average molecular weight is 444 g/mol. The summed E-state index contributed by atoms with van der Waals surface area (Å²) in [6.45, 7) is 3.91. The molecule has 0 aliphatic carbocycles. The number of aromatic nitrogens is 3. The van der Waals surface area contributed by atoms with Crippen LogP contribution in [0.25, 0.3) is 16.8 Å². The molecule has 168 valence electrons. The molecule has 4 aromatic rings. The Bertz CT molecular complexity index is 1310. The van der Waals surface area contributed by atoms with E-state index in [0.717, 1.165) is 28.1 Å². The van der Waals surface area contributed by atoms with Crippen molar-refractivity contribution in [3.8, 4) is 28.4 Å². The second-order valence-corrected chi connectivity index (χ2v) is 7.44. The summed E-state index contributed by atoms with van der Waals surface area (Å²) in [4.78, 5) is 16.3. The molecular weight excluding hydrogens is 420 g/mol. The first-order valence-electron chi connectivity index (χ1n) is 10.3. The van der Waals surface area contributed by atoms with Crippen molar-refractivity contribution in [2.24, 2.45) is 0 Å². The first kappa shape index (κ1) is 21.9. The number of benzene rings is 2. The van der Waals surface area contributed by atoms with E-state index in [1.54, 1.807) is 36.2 Å². The third kappa shape index (κ3) is 4.23. The highest BCUT2D eigenvalue weighted by Gasteiger charge is 2.22. The van der Waals surface area contributed by atoms with E-state index in [1.807, 2.05) is 44.2 Å². The maximum Gasteiger partial charge on any atom is 0.337 e. The lowest BCUT2D eigenvalue weighted by Crippen LogP contribution is -2.08. The summed E-state index contributed by atoms with van der Waals surface area (Å²) < 4.78 is 12.2. The number of methoxy groups -OCH3 is 2. The van der Waals surface area contributed by atoms with Crippen molar-refractivity contribution in [3.63, 3.8) is 0 Å². The van der Waals surface area contributed by atoms with E-state index in [2.05, 4.69) is 10.3 Å². The number of para-hydroxylation sites is 1. The molecule has 0 atom stereocenters. The largest absolute Gasteiger partial charge is 0.497 e. The molecule has 0 amide bonds. The molecule has 0 spiro atoms. The number of aromatic carboxylic acids is 1. The molecule has 4 rings (SSSR count). The lowest BCUT2D eigenvalue weighted by Gasteiger charge is -2.16. The molecule has 0 aliphatic heterocycles. The third-order valence-corrected chi connectivity index (χ3v) is 5.35. The molecule has 8 nitrogen and oxygen atoms in total. The normalized spacial score (nSPS) is 10.7. The Kier molecular flexibility index (Phi) is 5.99. The van der Waals surface area contributed by atoms with E-state index in [1.165, 1.54) is 13.2 Å². The van der Waals surface area contributed by atoms with E-state index in [4.69, 9.17) is 14.6 Å². The number of carbonyl (C=O) groups is 1. The lowest BCUT2D eigenvalue weighted by molar-refractivity contribution is 0.0697. The van der Waals surface area contributed by atoms with Gasteiger partial charge in [-0.3, -0.25) is 0 Å². The van der Waals surface area contributed by atoms with Crippen LogP contribution >= 0.6 is 0 Å². The number of carboxylic acid groups (broad SMARTS) is 1. The van der Waals surface area contributed by atoms with Gasteiger partial charge in [0.1, 0.15) is 11.6 Å². The predicted octanol–water partition coefficient (Wildman–Crippen LogP) is 5.01. The number of pyridine rings is 1. The number of carboxylic acids is 1. The van der Waals surface area contributed by atoms with Crippen LogP contribution in [0.4, 0.5) is 11.5 Å². The molecule has 0 bridgehead atoms. The van der Waals surface area contributed by atoms with Crippen LogP contribution in [-0.4, -0.2) is 40.1 Å². The molecule has 0 saturated carbocycles. The maximum absolute atomic E-state index is 12.0. The Balaban J connectivity index is 1.93. The van der Waals surface area contributed by atoms with Gasteiger partial charge in [-0.25, -0.2) is 14.5 Å². The van der Waals surface area contributed by atoms with Gasteiger partial charge in [-0.15, -0.1) is 0 Å². The SMILES string of the molecule is COc1ccc(Nc2c(-c3ccc(OC)nc3)c(C)nn2-c2ccccc2C)c(C(=O)O)c1. The zero-order valence-electron chi connectivity index (χ0n) is 18.8. The summed E-state index contributed by atoms with van der Waals surface area (Å²) in [7, 11) is 3.06. The summed E-state index contributed by atoms with van der Waals surface area (Å²) >= 11 is 0. The fourth-order valence-electron chi connectivity index (χ4n) is 3.68. The smallest absolute Gasteiger partial charge is 0.337 e. The summed E-state index contributed by atoms with van der Waals surface area (Å²) in [5, 5.41) is 17.9. The topological polar surface area (TPSA) is 98.5 Å². The molecule has 0 saturated heterocycles. The van der Waals surface area contributed by atoms with Gasteiger partial charge in [0.2, 0.25) is 5.88 Å².